The van der Waals surface area contributed by atoms with Crippen LogP contribution in [0.4, 0.5) is 0 Å². The first-order chi connectivity index (χ1) is 8.75. The molecule has 0 aliphatic carbocycles. The van der Waals surface area contributed by atoms with Gasteiger partial charge in [0, 0.05) is 10.9 Å². The van der Waals surface area contributed by atoms with Crippen LogP contribution in [-0.4, -0.2) is 18.1 Å². The van der Waals surface area contributed by atoms with Crippen LogP contribution in [0.3, 0.4) is 0 Å². The largest absolute Gasteiger partial charge is 0.320 e. The zero-order valence-electron chi connectivity index (χ0n) is 10.4. The van der Waals surface area contributed by atoms with Gasteiger partial charge in [0.25, 0.3) is 5.56 Å². The van der Waals surface area contributed by atoms with Crippen molar-refractivity contribution < 1.29 is 0 Å². The Morgan fingerprint density at radius 2 is 1.95 bits per heavy atom. The predicted octanol–water partition coefficient (Wildman–Crippen LogP) is 3.07. The lowest BCUT2D eigenvalue weighted by Crippen LogP contribution is -2.29. The third kappa shape index (κ3) is 2.78. The summed E-state index contributed by atoms with van der Waals surface area (Å²) in [5, 5.41) is 4.93. The smallest absolute Gasteiger partial charge is 0.251 e. The number of pyridine rings is 1. The van der Waals surface area contributed by atoms with Gasteiger partial charge >= 0.3 is 0 Å². The highest BCUT2D eigenvalue weighted by molar-refractivity contribution is 6.35. The standard InChI is InChI=1S/C14H15ClN2O.ClH/c15-12-3-1-2-10-8-11(14(18)17-13(10)12)9-4-6-16-7-5-9;/h1-3,8-9,16H,4-7H2,(H,17,18);1H. The van der Waals surface area contributed by atoms with Crippen molar-refractivity contribution in [2.45, 2.75) is 18.8 Å². The summed E-state index contributed by atoms with van der Waals surface area (Å²) in [7, 11) is 0. The van der Waals surface area contributed by atoms with Crippen molar-refractivity contribution in [3.8, 4) is 0 Å². The number of piperidine rings is 1. The molecule has 1 aliphatic heterocycles. The highest BCUT2D eigenvalue weighted by Crippen LogP contribution is 2.26. The number of nitrogens with one attached hydrogen (secondary N) is 2. The van der Waals surface area contributed by atoms with Gasteiger partial charge in [0.15, 0.2) is 0 Å². The Bertz CT molecular complexity index is 633. The Morgan fingerprint density at radius 1 is 1.21 bits per heavy atom. The second-order valence-electron chi connectivity index (χ2n) is 4.78. The Hall–Kier alpha value is -1.03. The van der Waals surface area contributed by atoms with Crippen LogP contribution in [0.1, 0.15) is 24.3 Å². The molecule has 0 amide bonds. The van der Waals surface area contributed by atoms with Crippen LogP contribution in [0.25, 0.3) is 10.9 Å². The van der Waals surface area contributed by atoms with E-state index in [0.717, 1.165) is 42.4 Å². The third-order valence-electron chi connectivity index (χ3n) is 3.64. The molecule has 19 heavy (non-hydrogen) atoms. The zero-order chi connectivity index (χ0) is 12.5. The minimum atomic E-state index is 0. The van der Waals surface area contributed by atoms with Crippen molar-refractivity contribution in [3.63, 3.8) is 0 Å². The molecule has 0 spiro atoms. The van der Waals surface area contributed by atoms with Gasteiger partial charge in [0.2, 0.25) is 0 Å². The van der Waals surface area contributed by atoms with Crippen molar-refractivity contribution in [1.82, 2.24) is 10.3 Å². The Kier molecular flexibility index (Phi) is 4.50. The Balaban J connectivity index is 0.00000133. The van der Waals surface area contributed by atoms with E-state index in [1.807, 2.05) is 18.2 Å². The fourth-order valence-electron chi connectivity index (χ4n) is 2.65. The SMILES string of the molecule is Cl.O=c1[nH]c2c(Cl)cccc2cc1C1CCNCC1. The number of aromatic nitrogens is 1. The summed E-state index contributed by atoms with van der Waals surface area (Å²) in [5.74, 6) is 0.360. The molecule has 0 radical (unpaired) electrons. The maximum atomic E-state index is 12.2. The fourth-order valence-corrected chi connectivity index (χ4v) is 2.88. The number of fused-ring (bicyclic) bond motifs is 1. The van der Waals surface area contributed by atoms with Crippen molar-refractivity contribution in [3.05, 3.63) is 45.2 Å². The number of H-pyrrole nitrogens is 1. The molecule has 5 heteroatoms. The molecular weight excluding hydrogens is 283 g/mol. The van der Waals surface area contributed by atoms with E-state index >= 15 is 0 Å². The summed E-state index contributed by atoms with van der Waals surface area (Å²) in [4.78, 5) is 15.1. The second-order valence-corrected chi connectivity index (χ2v) is 5.19. The molecule has 2 N–H and O–H groups in total. The van der Waals surface area contributed by atoms with Gasteiger partial charge < -0.3 is 10.3 Å². The van der Waals surface area contributed by atoms with Crippen LogP contribution in [0.5, 0.6) is 0 Å². The third-order valence-corrected chi connectivity index (χ3v) is 3.95. The van der Waals surface area contributed by atoms with E-state index in [-0.39, 0.29) is 18.0 Å². The lowest BCUT2D eigenvalue weighted by atomic mass is 9.90. The summed E-state index contributed by atoms with van der Waals surface area (Å²) in [6, 6.07) is 7.69. The van der Waals surface area contributed by atoms with Crippen LogP contribution in [0, 0.1) is 0 Å². The molecule has 1 aromatic heterocycles. The van der Waals surface area contributed by atoms with Crippen LogP contribution >= 0.6 is 24.0 Å². The van der Waals surface area contributed by atoms with Crippen molar-refractivity contribution in [2.75, 3.05) is 13.1 Å². The first-order valence-corrected chi connectivity index (χ1v) is 6.65. The van der Waals surface area contributed by atoms with Gasteiger partial charge in [-0.15, -0.1) is 12.4 Å². The van der Waals surface area contributed by atoms with Crippen LogP contribution < -0.4 is 10.9 Å². The van der Waals surface area contributed by atoms with Crippen molar-refractivity contribution >= 4 is 34.9 Å². The Morgan fingerprint density at radius 3 is 2.68 bits per heavy atom. The molecule has 0 unspecified atom stereocenters. The molecule has 1 aliphatic rings. The first-order valence-electron chi connectivity index (χ1n) is 6.28. The highest BCUT2D eigenvalue weighted by Gasteiger charge is 2.18. The lowest BCUT2D eigenvalue weighted by molar-refractivity contribution is 0.458. The number of para-hydroxylation sites is 1. The Labute approximate surface area is 122 Å². The van der Waals surface area contributed by atoms with E-state index in [4.69, 9.17) is 11.6 Å². The zero-order valence-corrected chi connectivity index (χ0v) is 12.0. The van der Waals surface area contributed by atoms with Gasteiger partial charge in [-0.25, -0.2) is 0 Å². The van der Waals surface area contributed by atoms with E-state index in [1.54, 1.807) is 6.07 Å². The lowest BCUT2D eigenvalue weighted by Gasteiger charge is -2.22. The van der Waals surface area contributed by atoms with Crippen LogP contribution in [-0.2, 0) is 0 Å². The molecule has 2 aromatic rings. The average Bonchev–Trinajstić information content (AvgIpc) is 2.40. The van der Waals surface area contributed by atoms with Gasteiger partial charge in [-0.3, -0.25) is 4.79 Å². The summed E-state index contributed by atoms with van der Waals surface area (Å²) >= 11 is 6.09. The van der Waals surface area contributed by atoms with E-state index in [0.29, 0.717) is 10.9 Å². The number of hydrogen-bond donors (Lipinski definition) is 2. The minimum absolute atomic E-state index is 0. The molecule has 0 bridgehead atoms. The van der Waals surface area contributed by atoms with E-state index in [9.17, 15) is 4.79 Å². The summed E-state index contributed by atoms with van der Waals surface area (Å²) < 4.78 is 0. The van der Waals surface area contributed by atoms with Gasteiger partial charge in [-0.1, -0.05) is 23.7 Å². The van der Waals surface area contributed by atoms with E-state index in [1.165, 1.54) is 0 Å². The normalized spacial score (nSPS) is 16.3. The first kappa shape index (κ1) is 14.4. The molecule has 3 nitrogen and oxygen atoms in total. The van der Waals surface area contributed by atoms with Gasteiger partial charge in [0.05, 0.1) is 10.5 Å². The van der Waals surface area contributed by atoms with Gasteiger partial charge in [0.1, 0.15) is 0 Å². The molecule has 0 atom stereocenters. The maximum absolute atomic E-state index is 12.2. The molecule has 102 valence electrons. The predicted molar refractivity (Wildman–Crippen MR) is 81.7 cm³/mol. The summed E-state index contributed by atoms with van der Waals surface area (Å²) in [6.45, 7) is 1.97. The average molecular weight is 299 g/mol. The van der Waals surface area contributed by atoms with Crippen molar-refractivity contribution in [2.24, 2.45) is 0 Å². The van der Waals surface area contributed by atoms with Crippen LogP contribution in [0.2, 0.25) is 5.02 Å². The van der Waals surface area contributed by atoms with E-state index in [2.05, 4.69) is 10.3 Å². The van der Waals surface area contributed by atoms with Crippen LogP contribution in [0.15, 0.2) is 29.1 Å². The molecule has 3 rings (SSSR count). The minimum Gasteiger partial charge on any atom is -0.320 e. The quantitative estimate of drug-likeness (QED) is 0.850. The number of halogens is 2. The number of benzene rings is 1. The molecular formula is C14H16Cl2N2O. The second kappa shape index (κ2) is 5.95. The molecule has 1 fully saturated rings. The molecule has 1 saturated heterocycles. The number of aromatic amines is 1. The fraction of sp³-hybridized carbons (Fsp3) is 0.357. The molecule has 2 heterocycles. The van der Waals surface area contributed by atoms with Gasteiger partial charge in [-0.2, -0.15) is 0 Å². The van der Waals surface area contributed by atoms with E-state index < -0.39 is 0 Å². The summed E-state index contributed by atoms with van der Waals surface area (Å²) in [6.07, 6.45) is 2.05. The van der Waals surface area contributed by atoms with Gasteiger partial charge in [-0.05, 0) is 44.0 Å². The van der Waals surface area contributed by atoms with Crippen molar-refractivity contribution in [1.29, 1.82) is 0 Å². The molecule has 0 saturated carbocycles. The number of rotatable bonds is 1. The highest BCUT2D eigenvalue weighted by atomic mass is 35.5. The monoisotopic (exact) mass is 298 g/mol. The molecule has 1 aromatic carbocycles. The topological polar surface area (TPSA) is 44.9 Å². The number of hydrogen-bond acceptors (Lipinski definition) is 2. The summed E-state index contributed by atoms with van der Waals surface area (Å²) in [5.41, 5.74) is 1.63. The maximum Gasteiger partial charge on any atom is 0.251 e.